The van der Waals surface area contributed by atoms with Gasteiger partial charge in [-0.25, -0.2) is 0 Å². The molecule has 1 aromatic heterocycles. The highest BCUT2D eigenvalue weighted by atomic mass is 16.3. The first kappa shape index (κ1) is 27.3. The van der Waals surface area contributed by atoms with E-state index in [4.69, 9.17) is 0 Å². The molecule has 0 amide bonds. The number of pyridine rings is 1. The number of rotatable bonds is 3. The Morgan fingerprint density at radius 3 is 2.36 bits per heavy atom. The first-order valence-corrected chi connectivity index (χ1v) is 15.9. The number of nitrogens with zero attached hydrogens (tertiary/aromatic N) is 1. The van der Waals surface area contributed by atoms with Crippen LogP contribution in [0.2, 0.25) is 0 Å². The van der Waals surface area contributed by atoms with Gasteiger partial charge in [0.15, 0.2) is 11.5 Å². The Morgan fingerprint density at radius 1 is 0.923 bits per heavy atom. The second-order valence-electron chi connectivity index (χ2n) is 16.2. The summed E-state index contributed by atoms with van der Waals surface area (Å²) in [6.45, 7) is 19.8. The number of allylic oxidation sites excluding steroid dienone is 2. The van der Waals surface area contributed by atoms with E-state index in [-0.39, 0.29) is 22.0 Å². The average molecular weight is 533 g/mol. The number of carbonyl (C=O) groups excluding carboxylic acids is 1. The van der Waals surface area contributed by atoms with E-state index in [9.17, 15) is 9.90 Å². The van der Waals surface area contributed by atoms with Crippen molar-refractivity contribution in [3.05, 3.63) is 29.6 Å². The van der Waals surface area contributed by atoms with Crippen LogP contribution in [-0.2, 0) is 4.79 Å². The third kappa shape index (κ3) is 3.54. The normalized spacial score (nSPS) is 44.9. The van der Waals surface area contributed by atoms with E-state index in [0.717, 1.165) is 18.5 Å². The van der Waals surface area contributed by atoms with Crippen LogP contribution in [0.3, 0.4) is 0 Å². The number of hydrogen-bond acceptors (Lipinski definition) is 4. The van der Waals surface area contributed by atoms with Crippen molar-refractivity contribution in [3.63, 3.8) is 0 Å². The molecule has 4 saturated carbocycles. The van der Waals surface area contributed by atoms with E-state index in [1.165, 1.54) is 50.5 Å². The Kier molecular flexibility index (Phi) is 6.02. The molecule has 4 fully saturated rings. The molecule has 0 saturated heterocycles. The van der Waals surface area contributed by atoms with Crippen molar-refractivity contribution in [1.29, 1.82) is 0 Å². The standard InChI is InChI=1S/C35H52N2O2/c1-21(2)29-24(38)19-32(5)16-17-34(7)22(30(29)32)9-10-27-33(6)14-12-28(37-23-13-18-36-20-25(23)39)31(3,4)26(33)11-15-35(27,34)8/h13,18,20-22,26-28,39H,9-12,14-17,19H2,1-8H3,(H,36,37)/t22-,26+,27-,28?,32+,33+,34-,35-/m1/s1. The summed E-state index contributed by atoms with van der Waals surface area (Å²) in [5.74, 6) is 2.94. The minimum Gasteiger partial charge on any atom is -0.504 e. The van der Waals surface area contributed by atoms with Crippen molar-refractivity contribution >= 4 is 11.5 Å². The lowest BCUT2D eigenvalue weighted by Gasteiger charge is -2.72. The molecule has 8 atom stereocenters. The Hall–Kier alpha value is -1.84. The lowest BCUT2D eigenvalue weighted by Crippen LogP contribution is -2.66. The number of aromatic nitrogens is 1. The molecular weight excluding hydrogens is 480 g/mol. The van der Waals surface area contributed by atoms with Crippen LogP contribution in [0, 0.1) is 50.7 Å². The first-order chi connectivity index (χ1) is 18.2. The van der Waals surface area contributed by atoms with Gasteiger partial charge in [0.2, 0.25) is 0 Å². The van der Waals surface area contributed by atoms with Crippen molar-refractivity contribution in [2.24, 2.45) is 50.7 Å². The molecule has 214 valence electrons. The monoisotopic (exact) mass is 532 g/mol. The van der Waals surface area contributed by atoms with Crippen LogP contribution in [-0.4, -0.2) is 21.9 Å². The van der Waals surface area contributed by atoms with Gasteiger partial charge in [-0.2, -0.15) is 0 Å². The predicted molar refractivity (Wildman–Crippen MR) is 158 cm³/mol. The molecule has 1 aromatic rings. The number of carbonyl (C=O) groups is 1. The Balaban J connectivity index is 1.34. The zero-order valence-electron chi connectivity index (χ0n) is 25.8. The van der Waals surface area contributed by atoms with Gasteiger partial charge in [-0.1, -0.05) is 61.0 Å². The molecule has 4 heteroatoms. The van der Waals surface area contributed by atoms with Crippen molar-refractivity contribution < 1.29 is 9.90 Å². The summed E-state index contributed by atoms with van der Waals surface area (Å²) in [5, 5.41) is 14.2. The zero-order chi connectivity index (χ0) is 28.2. The molecule has 0 bridgehead atoms. The van der Waals surface area contributed by atoms with Gasteiger partial charge in [0.25, 0.3) is 0 Å². The van der Waals surface area contributed by atoms with E-state index >= 15 is 0 Å². The van der Waals surface area contributed by atoms with Gasteiger partial charge in [-0.15, -0.1) is 0 Å². The lowest BCUT2D eigenvalue weighted by atomic mass is 9.33. The van der Waals surface area contributed by atoms with Crippen LogP contribution in [0.1, 0.15) is 113 Å². The van der Waals surface area contributed by atoms with Gasteiger partial charge in [-0.3, -0.25) is 9.78 Å². The van der Waals surface area contributed by atoms with E-state index in [2.05, 4.69) is 65.7 Å². The fourth-order valence-corrected chi connectivity index (χ4v) is 11.8. The third-order valence-corrected chi connectivity index (χ3v) is 13.9. The highest BCUT2D eigenvalue weighted by Gasteiger charge is 2.69. The number of fused-ring (bicyclic) bond motifs is 7. The number of Topliss-reactive ketones (excluding diaryl/α,β-unsaturated/α-hetero) is 1. The molecule has 1 unspecified atom stereocenters. The molecule has 0 aliphatic heterocycles. The fraction of sp³-hybridized carbons (Fsp3) is 0.771. The summed E-state index contributed by atoms with van der Waals surface area (Å²) >= 11 is 0. The molecule has 2 N–H and O–H groups in total. The summed E-state index contributed by atoms with van der Waals surface area (Å²) in [7, 11) is 0. The summed E-state index contributed by atoms with van der Waals surface area (Å²) in [6.07, 6.45) is 14.0. The molecular formula is C35H52N2O2. The summed E-state index contributed by atoms with van der Waals surface area (Å²) in [4.78, 5) is 17.4. The number of hydrogen-bond donors (Lipinski definition) is 2. The SMILES string of the molecule is CC(C)C1=C2[C@H]3CC[C@@H]4[C@@]5(C)CCC(Nc6ccncc6O)C(C)(C)[C@@H]5CC[C@@]4(C)[C@]3(C)CC[C@@]2(C)CC1=O. The van der Waals surface area contributed by atoms with Crippen LogP contribution in [0.15, 0.2) is 29.6 Å². The lowest BCUT2D eigenvalue weighted by molar-refractivity contribution is -0.213. The van der Waals surface area contributed by atoms with Crippen LogP contribution in [0.5, 0.6) is 5.75 Å². The quantitative estimate of drug-likeness (QED) is 0.409. The molecule has 0 spiro atoms. The van der Waals surface area contributed by atoms with Crippen molar-refractivity contribution in [3.8, 4) is 5.75 Å². The maximum atomic E-state index is 13.3. The third-order valence-electron chi connectivity index (χ3n) is 13.9. The number of anilines is 1. The van der Waals surface area contributed by atoms with Gasteiger partial charge in [-0.05, 0) is 114 Å². The Bertz CT molecular complexity index is 1220. The van der Waals surface area contributed by atoms with Gasteiger partial charge < -0.3 is 10.4 Å². The largest absolute Gasteiger partial charge is 0.504 e. The average Bonchev–Trinajstić information content (AvgIpc) is 3.13. The zero-order valence-corrected chi connectivity index (χ0v) is 25.8. The predicted octanol–water partition coefficient (Wildman–Crippen LogP) is 8.57. The van der Waals surface area contributed by atoms with Crippen LogP contribution in [0.25, 0.3) is 0 Å². The number of aromatic hydroxyl groups is 1. The van der Waals surface area contributed by atoms with Crippen LogP contribution < -0.4 is 5.32 Å². The summed E-state index contributed by atoms with van der Waals surface area (Å²) < 4.78 is 0. The minimum absolute atomic E-state index is 0.0927. The van der Waals surface area contributed by atoms with Crippen LogP contribution >= 0.6 is 0 Å². The van der Waals surface area contributed by atoms with E-state index < -0.39 is 0 Å². The van der Waals surface area contributed by atoms with Crippen molar-refractivity contribution in [2.75, 3.05) is 5.32 Å². The Labute approximate surface area is 236 Å². The second kappa shape index (κ2) is 8.58. The van der Waals surface area contributed by atoms with Crippen LogP contribution in [0.4, 0.5) is 5.69 Å². The summed E-state index contributed by atoms with van der Waals surface area (Å²) in [6, 6.07) is 2.24. The van der Waals surface area contributed by atoms with Crippen molar-refractivity contribution in [1.82, 2.24) is 4.98 Å². The molecule has 39 heavy (non-hydrogen) atoms. The Morgan fingerprint density at radius 2 is 1.67 bits per heavy atom. The summed E-state index contributed by atoms with van der Waals surface area (Å²) in [5.41, 5.74) is 4.69. The minimum atomic E-state index is 0.0927. The molecule has 5 aliphatic carbocycles. The molecule has 4 nitrogen and oxygen atoms in total. The van der Waals surface area contributed by atoms with Gasteiger partial charge in [0.1, 0.15) is 0 Å². The molecule has 0 aromatic carbocycles. The topological polar surface area (TPSA) is 62.2 Å². The molecule has 0 radical (unpaired) electrons. The van der Waals surface area contributed by atoms with Gasteiger partial charge >= 0.3 is 0 Å². The fourth-order valence-electron chi connectivity index (χ4n) is 11.8. The maximum Gasteiger partial charge on any atom is 0.159 e. The number of nitrogens with one attached hydrogen (secondary N) is 1. The number of ketones is 1. The first-order valence-electron chi connectivity index (χ1n) is 15.9. The van der Waals surface area contributed by atoms with Crippen molar-refractivity contribution in [2.45, 2.75) is 119 Å². The maximum absolute atomic E-state index is 13.3. The van der Waals surface area contributed by atoms with E-state index in [1.807, 2.05) is 6.07 Å². The van der Waals surface area contributed by atoms with E-state index in [0.29, 0.717) is 46.3 Å². The molecule has 1 heterocycles. The molecule has 5 aliphatic rings. The van der Waals surface area contributed by atoms with Gasteiger partial charge in [0, 0.05) is 18.7 Å². The highest BCUT2D eigenvalue weighted by molar-refractivity contribution is 6.00. The second-order valence-corrected chi connectivity index (χ2v) is 16.2. The van der Waals surface area contributed by atoms with E-state index in [1.54, 1.807) is 18.0 Å². The molecule has 6 rings (SSSR count). The smallest absolute Gasteiger partial charge is 0.159 e. The highest BCUT2D eigenvalue weighted by Crippen LogP contribution is 2.76. The van der Waals surface area contributed by atoms with Gasteiger partial charge in [0.05, 0.1) is 11.9 Å².